The minimum absolute atomic E-state index is 0.709. The SMILES string of the molecule is C1=Cc2ccccc2C1.CC1Cc2cccc3cccc1c23. The average Bonchev–Trinajstić information content (AvgIpc) is 3.15. The number of hydrogen-bond acceptors (Lipinski definition) is 0. The highest BCUT2D eigenvalue weighted by atomic mass is 14.2. The van der Waals surface area contributed by atoms with Gasteiger partial charge >= 0.3 is 0 Å². The zero-order chi connectivity index (χ0) is 14.9. The van der Waals surface area contributed by atoms with Crippen molar-refractivity contribution >= 4 is 16.8 Å². The highest BCUT2D eigenvalue weighted by Crippen LogP contribution is 2.37. The van der Waals surface area contributed by atoms with E-state index in [-0.39, 0.29) is 0 Å². The third-order valence-corrected chi connectivity index (χ3v) is 4.77. The molecule has 0 saturated carbocycles. The van der Waals surface area contributed by atoms with Crippen LogP contribution in [-0.4, -0.2) is 0 Å². The van der Waals surface area contributed by atoms with Crippen LogP contribution < -0.4 is 0 Å². The molecule has 0 heteroatoms. The molecule has 3 aromatic carbocycles. The van der Waals surface area contributed by atoms with E-state index in [0.717, 1.165) is 6.42 Å². The van der Waals surface area contributed by atoms with E-state index in [2.05, 4.69) is 79.7 Å². The summed E-state index contributed by atoms with van der Waals surface area (Å²) < 4.78 is 0. The fourth-order valence-electron chi connectivity index (χ4n) is 3.67. The van der Waals surface area contributed by atoms with Gasteiger partial charge in [0.1, 0.15) is 0 Å². The number of rotatable bonds is 0. The van der Waals surface area contributed by atoms with Crippen LogP contribution in [0.15, 0.2) is 66.7 Å². The first kappa shape index (κ1) is 13.3. The lowest BCUT2D eigenvalue weighted by atomic mass is 10.0. The molecule has 0 aliphatic heterocycles. The van der Waals surface area contributed by atoms with Crippen LogP contribution in [-0.2, 0) is 12.8 Å². The molecule has 3 aromatic rings. The second-order valence-corrected chi connectivity index (χ2v) is 6.27. The standard InChI is InChI=1S/C13H12.C9H8/c1-9-8-11-6-2-4-10-5-3-7-12(9)13(10)11;1-2-5-9-7-3-6-8(9)4-1/h2-7,9H,8H2,1H3;1-6H,7H2. The molecular weight excluding hydrogens is 264 g/mol. The maximum absolute atomic E-state index is 2.31. The van der Waals surface area contributed by atoms with Gasteiger partial charge in [-0.1, -0.05) is 79.7 Å². The molecule has 0 radical (unpaired) electrons. The van der Waals surface area contributed by atoms with E-state index < -0.39 is 0 Å². The zero-order valence-electron chi connectivity index (χ0n) is 12.9. The molecule has 1 unspecified atom stereocenters. The van der Waals surface area contributed by atoms with Gasteiger partial charge in [-0.25, -0.2) is 0 Å². The molecule has 0 aromatic heterocycles. The quantitative estimate of drug-likeness (QED) is 0.492. The lowest BCUT2D eigenvalue weighted by Gasteiger charge is -2.02. The molecule has 0 N–H and O–H groups in total. The molecule has 0 fully saturated rings. The van der Waals surface area contributed by atoms with Crippen LogP contribution in [0.2, 0.25) is 0 Å². The lowest BCUT2D eigenvalue weighted by Crippen LogP contribution is -1.86. The minimum Gasteiger partial charge on any atom is -0.0795 e. The number of hydrogen-bond donors (Lipinski definition) is 0. The molecular formula is C22H20. The predicted octanol–water partition coefficient (Wildman–Crippen LogP) is 5.76. The van der Waals surface area contributed by atoms with Gasteiger partial charge in [0.15, 0.2) is 0 Å². The van der Waals surface area contributed by atoms with E-state index >= 15 is 0 Å². The Balaban J connectivity index is 0.000000122. The van der Waals surface area contributed by atoms with E-state index in [1.54, 1.807) is 0 Å². The van der Waals surface area contributed by atoms with Crippen LogP contribution in [0, 0.1) is 0 Å². The Labute approximate surface area is 132 Å². The Morgan fingerprint density at radius 1 is 0.818 bits per heavy atom. The van der Waals surface area contributed by atoms with Crippen LogP contribution in [0.4, 0.5) is 0 Å². The predicted molar refractivity (Wildman–Crippen MR) is 95.2 cm³/mol. The van der Waals surface area contributed by atoms with Crippen molar-refractivity contribution in [1.82, 2.24) is 0 Å². The third kappa shape index (κ3) is 2.25. The van der Waals surface area contributed by atoms with Crippen molar-refractivity contribution in [2.75, 3.05) is 0 Å². The first-order valence-corrected chi connectivity index (χ1v) is 8.08. The van der Waals surface area contributed by atoms with E-state index in [1.807, 2.05) is 0 Å². The minimum atomic E-state index is 0.709. The molecule has 2 aliphatic carbocycles. The summed E-state index contributed by atoms with van der Waals surface area (Å²) in [6.07, 6.45) is 6.72. The van der Waals surface area contributed by atoms with E-state index in [9.17, 15) is 0 Å². The summed E-state index contributed by atoms with van der Waals surface area (Å²) in [4.78, 5) is 0. The lowest BCUT2D eigenvalue weighted by molar-refractivity contribution is 0.798. The van der Waals surface area contributed by atoms with E-state index in [1.165, 1.54) is 39.4 Å². The molecule has 1 atom stereocenters. The van der Waals surface area contributed by atoms with Gasteiger partial charge in [-0.2, -0.15) is 0 Å². The fraction of sp³-hybridized carbons (Fsp3) is 0.182. The second-order valence-electron chi connectivity index (χ2n) is 6.27. The second kappa shape index (κ2) is 5.46. The van der Waals surface area contributed by atoms with Crippen molar-refractivity contribution in [3.63, 3.8) is 0 Å². The Morgan fingerprint density at radius 2 is 1.59 bits per heavy atom. The normalized spacial score (nSPS) is 17.2. The largest absolute Gasteiger partial charge is 0.0795 e. The molecule has 0 spiro atoms. The van der Waals surface area contributed by atoms with Gasteiger partial charge in [-0.3, -0.25) is 0 Å². The van der Waals surface area contributed by atoms with Gasteiger partial charge < -0.3 is 0 Å². The molecule has 22 heavy (non-hydrogen) atoms. The van der Waals surface area contributed by atoms with Crippen molar-refractivity contribution < 1.29 is 0 Å². The average molecular weight is 284 g/mol. The highest BCUT2D eigenvalue weighted by molar-refractivity contribution is 5.91. The Morgan fingerprint density at radius 3 is 2.45 bits per heavy atom. The summed E-state index contributed by atoms with van der Waals surface area (Å²) in [6, 6.07) is 21.8. The monoisotopic (exact) mass is 284 g/mol. The Kier molecular flexibility index (Phi) is 3.31. The van der Waals surface area contributed by atoms with Crippen LogP contribution in [0.3, 0.4) is 0 Å². The topological polar surface area (TPSA) is 0 Å². The van der Waals surface area contributed by atoms with Crippen molar-refractivity contribution in [2.24, 2.45) is 0 Å². The molecule has 108 valence electrons. The van der Waals surface area contributed by atoms with Crippen LogP contribution in [0.25, 0.3) is 16.8 Å². The third-order valence-electron chi connectivity index (χ3n) is 4.77. The summed E-state index contributed by atoms with van der Waals surface area (Å²) in [6.45, 7) is 2.31. The summed E-state index contributed by atoms with van der Waals surface area (Å²) in [7, 11) is 0. The highest BCUT2D eigenvalue weighted by Gasteiger charge is 2.19. The first-order chi connectivity index (χ1) is 10.8. The molecule has 0 amide bonds. The Hall–Kier alpha value is -2.34. The van der Waals surface area contributed by atoms with Crippen molar-refractivity contribution in [3.8, 4) is 0 Å². The summed E-state index contributed by atoms with van der Waals surface area (Å²) in [5.41, 5.74) is 5.91. The maximum Gasteiger partial charge on any atom is -0.00882 e. The molecule has 0 nitrogen and oxygen atoms in total. The fourth-order valence-corrected chi connectivity index (χ4v) is 3.67. The molecule has 0 heterocycles. The zero-order valence-corrected chi connectivity index (χ0v) is 12.9. The first-order valence-electron chi connectivity index (χ1n) is 8.08. The van der Waals surface area contributed by atoms with Crippen LogP contribution >= 0.6 is 0 Å². The van der Waals surface area contributed by atoms with Gasteiger partial charge in [0.05, 0.1) is 0 Å². The van der Waals surface area contributed by atoms with Gasteiger partial charge in [0.2, 0.25) is 0 Å². The molecule has 0 bridgehead atoms. The number of fused-ring (bicyclic) bond motifs is 1. The van der Waals surface area contributed by atoms with Crippen LogP contribution in [0.5, 0.6) is 0 Å². The Bertz CT molecular complexity index is 850. The van der Waals surface area contributed by atoms with E-state index in [4.69, 9.17) is 0 Å². The van der Waals surface area contributed by atoms with E-state index in [0.29, 0.717) is 5.92 Å². The molecule has 2 aliphatic rings. The smallest absolute Gasteiger partial charge is 0.00882 e. The van der Waals surface area contributed by atoms with Crippen molar-refractivity contribution in [3.05, 3.63) is 89.0 Å². The number of allylic oxidation sites excluding steroid dienone is 1. The molecule has 0 saturated heterocycles. The summed E-state index contributed by atoms with van der Waals surface area (Å²) in [5.74, 6) is 0.709. The molecule has 5 rings (SSSR count). The van der Waals surface area contributed by atoms with Gasteiger partial charge in [-0.05, 0) is 51.8 Å². The van der Waals surface area contributed by atoms with Crippen LogP contribution in [0.1, 0.15) is 35.1 Å². The van der Waals surface area contributed by atoms with Gasteiger partial charge in [-0.15, -0.1) is 0 Å². The van der Waals surface area contributed by atoms with Gasteiger partial charge in [0.25, 0.3) is 0 Å². The summed E-state index contributed by atoms with van der Waals surface area (Å²) in [5, 5.41) is 2.91. The van der Waals surface area contributed by atoms with Crippen molar-refractivity contribution in [2.45, 2.75) is 25.7 Å². The number of benzene rings is 3. The van der Waals surface area contributed by atoms with Gasteiger partial charge in [0, 0.05) is 0 Å². The summed E-state index contributed by atoms with van der Waals surface area (Å²) >= 11 is 0. The van der Waals surface area contributed by atoms with Crippen molar-refractivity contribution in [1.29, 1.82) is 0 Å². The maximum atomic E-state index is 2.31.